The maximum Gasteiger partial charge on any atom is 0.0858 e. The Labute approximate surface area is 106 Å². The van der Waals surface area contributed by atoms with Crippen molar-refractivity contribution in [2.75, 3.05) is 0 Å². The molecule has 1 heterocycles. The molecule has 1 aromatic heterocycles. The molecule has 0 saturated heterocycles. The lowest BCUT2D eigenvalue weighted by atomic mass is 10.0. The van der Waals surface area contributed by atoms with E-state index in [1.807, 2.05) is 36.0 Å². The summed E-state index contributed by atoms with van der Waals surface area (Å²) in [6, 6.07) is 7.96. The van der Waals surface area contributed by atoms with Gasteiger partial charge in [-0.1, -0.05) is 18.2 Å². The van der Waals surface area contributed by atoms with Crippen molar-refractivity contribution in [3.8, 4) is 0 Å². The summed E-state index contributed by atoms with van der Waals surface area (Å²) in [5, 5.41) is 25.5. The molecule has 1 saturated carbocycles. The molecule has 96 valence electrons. The Morgan fingerprint density at radius 1 is 1.33 bits per heavy atom. The molecular formula is C14H18N2O2. The van der Waals surface area contributed by atoms with Crippen molar-refractivity contribution >= 4 is 10.9 Å². The van der Waals surface area contributed by atoms with Crippen LogP contribution in [0.5, 0.6) is 0 Å². The van der Waals surface area contributed by atoms with E-state index in [-0.39, 0.29) is 5.92 Å². The van der Waals surface area contributed by atoms with Crippen molar-refractivity contribution in [2.45, 2.75) is 31.5 Å². The quantitative estimate of drug-likeness (QED) is 0.853. The molecule has 1 aliphatic carbocycles. The predicted molar refractivity (Wildman–Crippen MR) is 69.2 cm³/mol. The first-order chi connectivity index (χ1) is 8.66. The number of aliphatic hydroxyl groups excluding tert-OH is 2. The van der Waals surface area contributed by atoms with Gasteiger partial charge >= 0.3 is 0 Å². The first kappa shape index (κ1) is 11.7. The lowest BCUT2D eigenvalue weighted by Crippen LogP contribution is -2.30. The average Bonchev–Trinajstić information content (AvgIpc) is 3.17. The molecule has 18 heavy (non-hydrogen) atoms. The Bertz CT molecular complexity index is 560. The highest BCUT2D eigenvalue weighted by molar-refractivity contribution is 5.81. The van der Waals surface area contributed by atoms with Crippen LogP contribution in [0.4, 0.5) is 0 Å². The van der Waals surface area contributed by atoms with Crippen LogP contribution in [0, 0.1) is 5.92 Å². The molecule has 0 amide bonds. The van der Waals surface area contributed by atoms with Crippen molar-refractivity contribution in [3.05, 3.63) is 30.0 Å². The number of hydrogen-bond donors (Lipinski definition) is 2. The molecule has 0 bridgehead atoms. The lowest BCUT2D eigenvalue weighted by molar-refractivity contribution is 0.00633. The summed E-state index contributed by atoms with van der Waals surface area (Å²) in [5.74, 6) is 0.287. The van der Waals surface area contributed by atoms with E-state index in [1.165, 1.54) is 0 Å². The van der Waals surface area contributed by atoms with Gasteiger partial charge in [0.2, 0.25) is 0 Å². The van der Waals surface area contributed by atoms with E-state index in [1.54, 1.807) is 0 Å². The number of aliphatic hydroxyl groups is 2. The van der Waals surface area contributed by atoms with Crippen LogP contribution in [0.25, 0.3) is 10.9 Å². The first-order valence-corrected chi connectivity index (χ1v) is 6.43. The fourth-order valence-electron chi connectivity index (χ4n) is 2.51. The molecule has 1 fully saturated rings. The van der Waals surface area contributed by atoms with Gasteiger partial charge in [0, 0.05) is 18.9 Å². The normalized spacial score (nSPS) is 19.1. The third kappa shape index (κ3) is 2.02. The van der Waals surface area contributed by atoms with Crippen LogP contribution in [0.15, 0.2) is 24.3 Å². The van der Waals surface area contributed by atoms with E-state index in [2.05, 4.69) is 5.10 Å². The summed E-state index contributed by atoms with van der Waals surface area (Å²) in [4.78, 5) is 0. The molecule has 0 spiro atoms. The van der Waals surface area contributed by atoms with Gasteiger partial charge in [-0.25, -0.2) is 0 Å². The summed E-state index contributed by atoms with van der Waals surface area (Å²) in [7, 11) is 1.90. The SMILES string of the molecule is Cn1nc(CC(O)C(O)C2CC2)c2ccccc21. The Hall–Kier alpha value is -1.39. The number of aromatic nitrogens is 2. The van der Waals surface area contributed by atoms with Crippen molar-refractivity contribution in [1.29, 1.82) is 0 Å². The molecule has 2 aromatic rings. The number of para-hydroxylation sites is 1. The highest BCUT2D eigenvalue weighted by Gasteiger charge is 2.34. The Kier molecular flexibility index (Phi) is 2.84. The van der Waals surface area contributed by atoms with E-state index in [0.717, 1.165) is 29.4 Å². The minimum atomic E-state index is -0.712. The number of benzene rings is 1. The van der Waals surface area contributed by atoms with E-state index in [4.69, 9.17) is 0 Å². The zero-order chi connectivity index (χ0) is 12.7. The number of nitrogens with zero attached hydrogens (tertiary/aromatic N) is 2. The van der Waals surface area contributed by atoms with Crippen LogP contribution in [0.3, 0.4) is 0 Å². The van der Waals surface area contributed by atoms with Gasteiger partial charge in [0.15, 0.2) is 0 Å². The van der Waals surface area contributed by atoms with Crippen LogP contribution in [-0.2, 0) is 13.5 Å². The molecule has 0 aliphatic heterocycles. The van der Waals surface area contributed by atoms with Gasteiger partial charge in [-0.15, -0.1) is 0 Å². The van der Waals surface area contributed by atoms with Crippen LogP contribution in [0.1, 0.15) is 18.5 Å². The van der Waals surface area contributed by atoms with Crippen LogP contribution < -0.4 is 0 Å². The smallest absolute Gasteiger partial charge is 0.0858 e. The van der Waals surface area contributed by atoms with Gasteiger partial charge in [-0.2, -0.15) is 5.10 Å². The average molecular weight is 246 g/mol. The minimum Gasteiger partial charge on any atom is -0.390 e. The molecule has 4 heteroatoms. The molecule has 4 nitrogen and oxygen atoms in total. The topological polar surface area (TPSA) is 58.3 Å². The summed E-state index contributed by atoms with van der Waals surface area (Å²) in [6.45, 7) is 0. The first-order valence-electron chi connectivity index (χ1n) is 6.43. The molecule has 0 radical (unpaired) electrons. The van der Waals surface area contributed by atoms with Gasteiger partial charge in [0.05, 0.1) is 23.4 Å². The predicted octanol–water partition coefficient (Wildman–Crippen LogP) is 1.25. The van der Waals surface area contributed by atoms with Gasteiger partial charge in [0.1, 0.15) is 0 Å². The highest BCUT2D eigenvalue weighted by atomic mass is 16.3. The van der Waals surface area contributed by atoms with Crippen LogP contribution in [0.2, 0.25) is 0 Å². The van der Waals surface area contributed by atoms with E-state index < -0.39 is 12.2 Å². The summed E-state index contributed by atoms with van der Waals surface area (Å²) in [6.07, 6.45) is 1.16. The van der Waals surface area contributed by atoms with E-state index in [9.17, 15) is 10.2 Å². The second-order valence-corrected chi connectivity index (χ2v) is 5.19. The lowest BCUT2D eigenvalue weighted by Gasteiger charge is -2.16. The maximum absolute atomic E-state index is 10.1. The van der Waals surface area contributed by atoms with Crippen molar-refractivity contribution in [1.82, 2.24) is 9.78 Å². The fraction of sp³-hybridized carbons (Fsp3) is 0.500. The van der Waals surface area contributed by atoms with Crippen LogP contribution >= 0.6 is 0 Å². The molecule has 2 atom stereocenters. The molecule has 1 aromatic carbocycles. The fourth-order valence-corrected chi connectivity index (χ4v) is 2.51. The maximum atomic E-state index is 10.1. The van der Waals surface area contributed by atoms with E-state index >= 15 is 0 Å². The molecule has 3 rings (SSSR count). The molecule has 2 unspecified atom stereocenters. The third-order valence-corrected chi connectivity index (χ3v) is 3.74. The summed E-state index contributed by atoms with van der Waals surface area (Å²) >= 11 is 0. The van der Waals surface area contributed by atoms with Crippen molar-refractivity contribution in [3.63, 3.8) is 0 Å². The summed E-state index contributed by atoms with van der Waals surface area (Å²) < 4.78 is 1.82. The van der Waals surface area contributed by atoms with Crippen LogP contribution in [-0.4, -0.2) is 32.2 Å². The number of aryl methyl sites for hydroxylation is 1. The third-order valence-electron chi connectivity index (χ3n) is 3.74. The Balaban J connectivity index is 1.85. The Morgan fingerprint density at radius 3 is 2.78 bits per heavy atom. The van der Waals surface area contributed by atoms with Gasteiger partial charge < -0.3 is 10.2 Å². The second kappa shape index (κ2) is 4.37. The van der Waals surface area contributed by atoms with Crippen molar-refractivity contribution in [2.24, 2.45) is 13.0 Å². The molecule has 1 aliphatic rings. The summed E-state index contributed by atoms with van der Waals surface area (Å²) in [5.41, 5.74) is 1.92. The monoisotopic (exact) mass is 246 g/mol. The van der Waals surface area contributed by atoms with Crippen molar-refractivity contribution < 1.29 is 10.2 Å². The highest BCUT2D eigenvalue weighted by Crippen LogP contribution is 2.34. The number of fused-ring (bicyclic) bond motifs is 1. The standard InChI is InChI=1S/C14H18N2O2/c1-16-12-5-3-2-4-10(12)11(15-16)8-13(17)14(18)9-6-7-9/h2-5,9,13-14,17-18H,6-8H2,1H3. The molecular weight excluding hydrogens is 228 g/mol. The van der Waals surface area contributed by atoms with Gasteiger partial charge in [-0.3, -0.25) is 4.68 Å². The molecule has 2 N–H and O–H groups in total. The zero-order valence-electron chi connectivity index (χ0n) is 10.5. The second-order valence-electron chi connectivity index (χ2n) is 5.19. The van der Waals surface area contributed by atoms with E-state index in [0.29, 0.717) is 6.42 Å². The minimum absolute atomic E-state index is 0.287. The number of rotatable bonds is 4. The number of hydrogen-bond acceptors (Lipinski definition) is 3. The zero-order valence-corrected chi connectivity index (χ0v) is 10.5. The van der Waals surface area contributed by atoms with Gasteiger partial charge in [-0.05, 0) is 24.8 Å². The van der Waals surface area contributed by atoms with Gasteiger partial charge in [0.25, 0.3) is 0 Å². The Morgan fingerprint density at radius 2 is 2.06 bits per heavy atom. The largest absolute Gasteiger partial charge is 0.390 e.